The van der Waals surface area contributed by atoms with Crippen LogP contribution in [0, 0.1) is 5.82 Å². The highest BCUT2D eigenvalue weighted by atomic mass is 19.1. The predicted octanol–water partition coefficient (Wildman–Crippen LogP) is 2.89. The molecule has 0 saturated carbocycles. The van der Waals surface area contributed by atoms with Gasteiger partial charge in [0.05, 0.1) is 5.56 Å². The van der Waals surface area contributed by atoms with Crippen LogP contribution in [-0.2, 0) is 4.79 Å². The van der Waals surface area contributed by atoms with Crippen LogP contribution in [-0.4, -0.2) is 16.8 Å². The summed E-state index contributed by atoms with van der Waals surface area (Å²) in [5.41, 5.74) is 5.16. The molecule has 0 aliphatic heterocycles. The monoisotopic (exact) mass is 339 g/mol. The lowest BCUT2D eigenvalue weighted by atomic mass is 10.1. The molecule has 7 heteroatoms. The van der Waals surface area contributed by atoms with Gasteiger partial charge in [0.1, 0.15) is 23.0 Å². The summed E-state index contributed by atoms with van der Waals surface area (Å²) < 4.78 is 19.2. The number of H-pyrrole nitrogens is 1. The zero-order chi connectivity index (χ0) is 17.6. The van der Waals surface area contributed by atoms with Crippen LogP contribution in [0.2, 0.25) is 0 Å². The molecule has 3 N–H and O–H groups in total. The number of hydrogen-bond acceptors (Lipinski definition) is 3. The average molecular weight is 339 g/mol. The van der Waals surface area contributed by atoms with Crippen molar-refractivity contribution in [2.75, 3.05) is 0 Å². The number of hydrazine groups is 1. The van der Waals surface area contributed by atoms with Gasteiger partial charge in [-0.2, -0.15) is 0 Å². The second-order valence-corrected chi connectivity index (χ2v) is 5.04. The second-order valence-electron chi connectivity index (χ2n) is 5.04. The van der Waals surface area contributed by atoms with E-state index in [1.165, 1.54) is 18.2 Å². The first-order valence-electron chi connectivity index (χ1n) is 7.40. The zero-order valence-corrected chi connectivity index (χ0v) is 13.0. The summed E-state index contributed by atoms with van der Waals surface area (Å²) in [6.07, 6.45) is 4.21. The van der Waals surface area contributed by atoms with Crippen LogP contribution < -0.4 is 10.9 Å². The number of carbonyl (C=O) groups is 2. The maximum atomic E-state index is 13.7. The van der Waals surface area contributed by atoms with Gasteiger partial charge in [-0.15, -0.1) is 0 Å². The number of aromatic amines is 1. The Morgan fingerprint density at radius 3 is 2.64 bits per heavy atom. The molecule has 3 rings (SSSR count). The van der Waals surface area contributed by atoms with Crippen molar-refractivity contribution in [1.29, 1.82) is 0 Å². The number of amides is 2. The van der Waals surface area contributed by atoms with Crippen molar-refractivity contribution in [2.24, 2.45) is 0 Å². The third-order valence-corrected chi connectivity index (χ3v) is 3.31. The summed E-state index contributed by atoms with van der Waals surface area (Å²) in [5.74, 6) is -0.658. The largest absolute Gasteiger partial charge is 0.457 e. The fraction of sp³-hybridized carbons (Fsp3) is 0. The van der Waals surface area contributed by atoms with Crippen LogP contribution in [0.1, 0.15) is 16.2 Å². The highest BCUT2D eigenvalue weighted by molar-refractivity contribution is 5.96. The number of hydrogen-bond donors (Lipinski definition) is 3. The van der Waals surface area contributed by atoms with E-state index in [2.05, 4.69) is 15.8 Å². The average Bonchev–Trinajstić information content (AvgIpc) is 3.30. The quantitative estimate of drug-likeness (QED) is 0.504. The van der Waals surface area contributed by atoms with Crippen LogP contribution in [0.5, 0.6) is 0 Å². The van der Waals surface area contributed by atoms with E-state index in [0.29, 0.717) is 22.8 Å². The molecule has 0 spiro atoms. The van der Waals surface area contributed by atoms with E-state index in [0.717, 1.165) is 0 Å². The lowest BCUT2D eigenvalue weighted by molar-refractivity contribution is -0.117. The number of benzene rings is 1. The maximum Gasteiger partial charge on any atom is 0.286 e. The minimum atomic E-state index is -0.538. The highest BCUT2D eigenvalue weighted by Gasteiger charge is 2.09. The molecule has 0 radical (unpaired) electrons. The van der Waals surface area contributed by atoms with E-state index < -0.39 is 17.6 Å². The first kappa shape index (κ1) is 16.3. The standard InChI is InChI=1S/C18H14FN3O3/c19-14-5-2-1-4-13(14)16-9-7-12(25-16)8-10-17(23)21-22-18(24)15-6-3-11-20-15/h1-11,20H,(H,21,23)(H,22,24)/b10-8+. The Labute approximate surface area is 142 Å². The summed E-state index contributed by atoms with van der Waals surface area (Å²) >= 11 is 0. The summed E-state index contributed by atoms with van der Waals surface area (Å²) in [6, 6.07) is 12.7. The Bertz CT molecular complexity index is 913. The maximum absolute atomic E-state index is 13.7. The number of furan rings is 1. The fourth-order valence-electron chi connectivity index (χ4n) is 2.10. The van der Waals surface area contributed by atoms with Crippen LogP contribution in [0.25, 0.3) is 17.4 Å². The summed E-state index contributed by atoms with van der Waals surface area (Å²) in [5, 5.41) is 0. The Hall–Kier alpha value is -3.61. The fourth-order valence-corrected chi connectivity index (χ4v) is 2.10. The Balaban J connectivity index is 1.58. The molecule has 2 amide bonds. The number of halogens is 1. The van der Waals surface area contributed by atoms with E-state index in [1.807, 2.05) is 0 Å². The van der Waals surface area contributed by atoms with Crippen molar-refractivity contribution < 1.29 is 18.4 Å². The van der Waals surface area contributed by atoms with Gasteiger partial charge in [-0.25, -0.2) is 4.39 Å². The van der Waals surface area contributed by atoms with E-state index in [9.17, 15) is 14.0 Å². The number of carbonyl (C=O) groups excluding carboxylic acids is 2. The van der Waals surface area contributed by atoms with Gasteiger partial charge in [0, 0.05) is 12.3 Å². The van der Waals surface area contributed by atoms with Crippen molar-refractivity contribution in [3.63, 3.8) is 0 Å². The molecule has 25 heavy (non-hydrogen) atoms. The summed E-state index contributed by atoms with van der Waals surface area (Å²) in [4.78, 5) is 26.1. The minimum absolute atomic E-state index is 0.324. The van der Waals surface area contributed by atoms with E-state index >= 15 is 0 Å². The van der Waals surface area contributed by atoms with Gasteiger partial charge in [-0.05, 0) is 42.5 Å². The molecule has 6 nitrogen and oxygen atoms in total. The SMILES string of the molecule is O=C(/C=C/c1ccc(-c2ccccc2F)o1)NNC(=O)c1ccc[nH]1. The molecule has 3 aromatic rings. The first-order valence-corrected chi connectivity index (χ1v) is 7.40. The van der Waals surface area contributed by atoms with Gasteiger partial charge in [0.25, 0.3) is 11.8 Å². The molecule has 1 aromatic carbocycles. The topological polar surface area (TPSA) is 87.1 Å². The van der Waals surface area contributed by atoms with Crippen molar-refractivity contribution in [3.05, 3.63) is 78.1 Å². The van der Waals surface area contributed by atoms with E-state index in [-0.39, 0.29) is 0 Å². The predicted molar refractivity (Wildman–Crippen MR) is 89.5 cm³/mol. The number of nitrogens with one attached hydrogen (secondary N) is 3. The molecule has 0 bridgehead atoms. The summed E-state index contributed by atoms with van der Waals surface area (Å²) in [7, 11) is 0. The lowest BCUT2D eigenvalue weighted by Gasteiger charge is -2.03. The van der Waals surface area contributed by atoms with E-state index in [4.69, 9.17) is 4.42 Å². The molecule has 2 heterocycles. The zero-order valence-electron chi connectivity index (χ0n) is 13.0. The van der Waals surface area contributed by atoms with Gasteiger partial charge < -0.3 is 9.40 Å². The van der Waals surface area contributed by atoms with Crippen molar-refractivity contribution in [3.8, 4) is 11.3 Å². The molecule has 0 aliphatic carbocycles. The highest BCUT2D eigenvalue weighted by Crippen LogP contribution is 2.25. The molecule has 0 fully saturated rings. The molecule has 0 aliphatic rings. The summed E-state index contributed by atoms with van der Waals surface area (Å²) in [6.45, 7) is 0. The van der Waals surface area contributed by atoms with Crippen molar-refractivity contribution in [1.82, 2.24) is 15.8 Å². The second kappa shape index (κ2) is 7.31. The van der Waals surface area contributed by atoms with Crippen LogP contribution in [0.4, 0.5) is 4.39 Å². The van der Waals surface area contributed by atoms with Gasteiger partial charge in [-0.3, -0.25) is 20.4 Å². The molecule has 0 unspecified atom stereocenters. The third kappa shape index (κ3) is 4.03. The number of aromatic nitrogens is 1. The molecule has 2 aromatic heterocycles. The van der Waals surface area contributed by atoms with Crippen molar-refractivity contribution in [2.45, 2.75) is 0 Å². The van der Waals surface area contributed by atoms with Gasteiger partial charge in [0.15, 0.2) is 0 Å². The molecule has 0 saturated heterocycles. The first-order chi connectivity index (χ1) is 12.1. The lowest BCUT2D eigenvalue weighted by Crippen LogP contribution is -2.40. The van der Waals surface area contributed by atoms with Crippen LogP contribution in [0.3, 0.4) is 0 Å². The van der Waals surface area contributed by atoms with Crippen LogP contribution in [0.15, 0.2) is 65.2 Å². The van der Waals surface area contributed by atoms with E-state index in [1.54, 1.807) is 48.7 Å². The third-order valence-electron chi connectivity index (χ3n) is 3.31. The van der Waals surface area contributed by atoms with Crippen LogP contribution >= 0.6 is 0 Å². The molecular formula is C18H14FN3O3. The Kier molecular flexibility index (Phi) is 4.75. The smallest absolute Gasteiger partial charge is 0.286 e. The minimum Gasteiger partial charge on any atom is -0.457 e. The molecule has 126 valence electrons. The Morgan fingerprint density at radius 1 is 1.04 bits per heavy atom. The molecular weight excluding hydrogens is 325 g/mol. The number of rotatable bonds is 4. The Morgan fingerprint density at radius 2 is 1.88 bits per heavy atom. The van der Waals surface area contributed by atoms with Crippen molar-refractivity contribution >= 4 is 17.9 Å². The molecule has 0 atom stereocenters. The van der Waals surface area contributed by atoms with Gasteiger partial charge in [-0.1, -0.05) is 12.1 Å². The van der Waals surface area contributed by atoms with Gasteiger partial charge >= 0.3 is 0 Å². The normalized spacial score (nSPS) is 10.8. The van der Waals surface area contributed by atoms with Gasteiger partial charge in [0.2, 0.25) is 0 Å².